The van der Waals surface area contributed by atoms with Gasteiger partial charge in [0, 0.05) is 16.4 Å². The minimum atomic E-state index is -0.732. The van der Waals surface area contributed by atoms with Gasteiger partial charge in [-0.05, 0) is 60.7 Å². The molecular weight excluding hydrogens is 452 g/mol. The Morgan fingerprint density at radius 1 is 1.03 bits per heavy atom. The predicted molar refractivity (Wildman–Crippen MR) is 113 cm³/mol. The first-order valence-corrected chi connectivity index (χ1v) is 9.69. The van der Waals surface area contributed by atoms with Gasteiger partial charge in [-0.2, -0.15) is 0 Å². The van der Waals surface area contributed by atoms with E-state index in [9.17, 15) is 9.59 Å². The number of hydrogen-bond donors (Lipinski definition) is 1. The van der Waals surface area contributed by atoms with Gasteiger partial charge in [0.05, 0.1) is 0 Å². The van der Waals surface area contributed by atoms with Gasteiger partial charge in [0.2, 0.25) is 11.7 Å². The zero-order chi connectivity index (χ0) is 20.9. The lowest BCUT2D eigenvalue weighted by Gasteiger charge is -2.09. The second-order valence-electron chi connectivity index (χ2n) is 6.20. The summed E-state index contributed by atoms with van der Waals surface area (Å²) in [5.41, 5.74) is 0.998. The third-order valence-electron chi connectivity index (χ3n) is 4.07. The quantitative estimate of drug-likeness (QED) is 0.459. The minimum Gasteiger partial charge on any atom is -0.457 e. The van der Waals surface area contributed by atoms with E-state index in [4.69, 9.17) is 9.26 Å². The highest BCUT2D eigenvalue weighted by molar-refractivity contribution is 9.10. The number of carbonyl (C=O) groups excluding carboxylic acids is 1. The third-order valence-corrected chi connectivity index (χ3v) is 4.60. The standard InChI is InChI=1S/C21H15BrN4O4/c22-14-4-8-16(9-5-14)29-17-10-6-15(7-11-17)24-19(27)13-26-20(25-30-21(26)28)18-3-1-2-12-23-18/h1-12H,13H2,(H,24,27). The van der Waals surface area contributed by atoms with E-state index in [1.165, 1.54) is 0 Å². The van der Waals surface area contributed by atoms with Crippen molar-refractivity contribution in [1.29, 1.82) is 0 Å². The van der Waals surface area contributed by atoms with Crippen LogP contribution in [0.4, 0.5) is 5.69 Å². The molecule has 0 radical (unpaired) electrons. The smallest absolute Gasteiger partial charge is 0.442 e. The van der Waals surface area contributed by atoms with Crippen molar-refractivity contribution in [2.24, 2.45) is 0 Å². The number of amides is 1. The molecule has 150 valence electrons. The number of benzene rings is 2. The second kappa shape index (κ2) is 8.75. The molecule has 0 fully saturated rings. The largest absolute Gasteiger partial charge is 0.457 e. The number of carbonyl (C=O) groups is 1. The van der Waals surface area contributed by atoms with Gasteiger partial charge in [-0.15, -0.1) is 0 Å². The lowest BCUT2D eigenvalue weighted by atomic mass is 10.3. The molecule has 0 saturated heterocycles. The molecule has 4 rings (SSSR count). The van der Waals surface area contributed by atoms with E-state index in [0.29, 0.717) is 22.9 Å². The van der Waals surface area contributed by atoms with E-state index < -0.39 is 11.7 Å². The molecule has 2 aromatic heterocycles. The van der Waals surface area contributed by atoms with Crippen LogP contribution in [0.1, 0.15) is 0 Å². The molecule has 9 heteroatoms. The van der Waals surface area contributed by atoms with Gasteiger partial charge < -0.3 is 10.1 Å². The SMILES string of the molecule is O=C(Cn1c(-c2ccccn2)noc1=O)Nc1ccc(Oc2ccc(Br)cc2)cc1. The maximum Gasteiger partial charge on any atom is 0.442 e. The number of halogens is 1. The summed E-state index contributed by atoms with van der Waals surface area (Å²) in [6.45, 7) is -0.259. The predicted octanol–water partition coefficient (Wildman–Crippen LogP) is 4.09. The Hall–Kier alpha value is -3.72. The minimum absolute atomic E-state index is 0.189. The molecule has 30 heavy (non-hydrogen) atoms. The van der Waals surface area contributed by atoms with Gasteiger partial charge in [-0.3, -0.25) is 14.3 Å². The van der Waals surface area contributed by atoms with Gasteiger partial charge in [-0.1, -0.05) is 27.2 Å². The van der Waals surface area contributed by atoms with E-state index in [2.05, 4.69) is 31.4 Å². The Bertz CT molecular complexity index is 1200. The van der Waals surface area contributed by atoms with E-state index in [1.54, 1.807) is 48.7 Å². The number of anilines is 1. The first kappa shape index (κ1) is 19.6. The molecule has 8 nitrogen and oxygen atoms in total. The van der Waals surface area contributed by atoms with Crippen molar-refractivity contribution in [1.82, 2.24) is 14.7 Å². The van der Waals surface area contributed by atoms with Crippen molar-refractivity contribution < 1.29 is 14.1 Å². The summed E-state index contributed by atoms with van der Waals surface area (Å²) < 4.78 is 12.5. The van der Waals surface area contributed by atoms with Crippen molar-refractivity contribution in [3.05, 3.63) is 88.0 Å². The fraction of sp³-hybridized carbons (Fsp3) is 0.0476. The normalized spacial score (nSPS) is 10.6. The van der Waals surface area contributed by atoms with Gasteiger partial charge in [0.1, 0.15) is 23.7 Å². The van der Waals surface area contributed by atoms with Crippen molar-refractivity contribution >= 4 is 27.5 Å². The van der Waals surface area contributed by atoms with Crippen LogP contribution >= 0.6 is 15.9 Å². The fourth-order valence-corrected chi connectivity index (χ4v) is 2.94. The molecule has 0 aliphatic carbocycles. The molecule has 0 spiro atoms. The van der Waals surface area contributed by atoms with Crippen LogP contribution in [0.3, 0.4) is 0 Å². The number of pyridine rings is 1. The summed E-state index contributed by atoms with van der Waals surface area (Å²) in [5.74, 6) is 0.379. The number of rotatable bonds is 6. The topological polar surface area (TPSA) is 99.3 Å². The zero-order valence-electron chi connectivity index (χ0n) is 15.5. The lowest BCUT2D eigenvalue weighted by Crippen LogP contribution is -2.25. The Labute approximate surface area is 179 Å². The van der Waals surface area contributed by atoms with Crippen molar-refractivity contribution in [2.45, 2.75) is 6.54 Å². The molecule has 0 aliphatic rings. The third kappa shape index (κ3) is 4.64. The molecule has 0 atom stereocenters. The van der Waals surface area contributed by atoms with Crippen LogP contribution in [-0.2, 0) is 11.3 Å². The Kier molecular flexibility index (Phi) is 5.71. The van der Waals surface area contributed by atoms with Crippen LogP contribution in [-0.4, -0.2) is 20.6 Å². The van der Waals surface area contributed by atoms with Crippen LogP contribution in [0.25, 0.3) is 11.5 Å². The maximum absolute atomic E-state index is 12.4. The fourth-order valence-electron chi connectivity index (χ4n) is 2.68. The van der Waals surface area contributed by atoms with Crippen LogP contribution in [0, 0.1) is 0 Å². The molecule has 2 heterocycles. The molecule has 0 saturated carbocycles. The number of ether oxygens (including phenoxy) is 1. The Balaban J connectivity index is 1.42. The van der Waals surface area contributed by atoms with Crippen molar-refractivity contribution in [3.8, 4) is 23.0 Å². The van der Waals surface area contributed by atoms with Crippen LogP contribution in [0.15, 0.2) is 86.7 Å². The lowest BCUT2D eigenvalue weighted by molar-refractivity contribution is -0.116. The van der Waals surface area contributed by atoms with Crippen LogP contribution in [0.5, 0.6) is 11.5 Å². The monoisotopic (exact) mass is 466 g/mol. The molecule has 1 amide bonds. The Morgan fingerprint density at radius 3 is 2.40 bits per heavy atom. The highest BCUT2D eigenvalue weighted by Crippen LogP contribution is 2.24. The molecular formula is C21H15BrN4O4. The van der Waals surface area contributed by atoms with Crippen molar-refractivity contribution in [2.75, 3.05) is 5.32 Å². The summed E-state index contributed by atoms with van der Waals surface area (Å²) in [4.78, 5) is 28.5. The first-order chi connectivity index (χ1) is 14.6. The molecule has 0 bridgehead atoms. The van der Waals surface area contributed by atoms with Gasteiger partial charge in [-0.25, -0.2) is 9.36 Å². The summed E-state index contributed by atoms with van der Waals surface area (Å²) >= 11 is 3.38. The molecule has 0 unspecified atom stereocenters. The first-order valence-electron chi connectivity index (χ1n) is 8.90. The maximum atomic E-state index is 12.4. The average molecular weight is 467 g/mol. The van der Waals surface area contributed by atoms with E-state index in [0.717, 1.165) is 9.04 Å². The summed E-state index contributed by atoms with van der Waals surface area (Å²) in [7, 11) is 0. The molecule has 4 aromatic rings. The summed E-state index contributed by atoms with van der Waals surface area (Å²) in [5, 5.41) is 6.45. The highest BCUT2D eigenvalue weighted by Gasteiger charge is 2.16. The number of nitrogens with zero attached hydrogens (tertiary/aromatic N) is 3. The number of aromatic nitrogens is 3. The number of hydrogen-bond acceptors (Lipinski definition) is 6. The number of nitrogens with one attached hydrogen (secondary N) is 1. The molecule has 1 N–H and O–H groups in total. The Morgan fingerprint density at radius 2 is 1.73 bits per heavy atom. The van der Waals surface area contributed by atoms with E-state index in [-0.39, 0.29) is 12.4 Å². The van der Waals surface area contributed by atoms with Crippen LogP contribution < -0.4 is 15.8 Å². The van der Waals surface area contributed by atoms with Gasteiger partial charge in [0.15, 0.2) is 0 Å². The zero-order valence-corrected chi connectivity index (χ0v) is 17.1. The summed E-state index contributed by atoms with van der Waals surface area (Å²) in [6.07, 6.45) is 1.57. The molecule has 2 aromatic carbocycles. The average Bonchev–Trinajstić information content (AvgIpc) is 3.12. The van der Waals surface area contributed by atoms with Crippen LogP contribution in [0.2, 0.25) is 0 Å². The highest BCUT2D eigenvalue weighted by atomic mass is 79.9. The van der Waals surface area contributed by atoms with Crippen molar-refractivity contribution in [3.63, 3.8) is 0 Å². The molecule has 0 aliphatic heterocycles. The second-order valence-corrected chi connectivity index (χ2v) is 7.12. The summed E-state index contributed by atoms with van der Waals surface area (Å²) in [6, 6.07) is 19.5. The van der Waals surface area contributed by atoms with E-state index in [1.807, 2.05) is 24.3 Å². The van der Waals surface area contributed by atoms with E-state index >= 15 is 0 Å². The van der Waals surface area contributed by atoms with Gasteiger partial charge >= 0.3 is 5.76 Å². The van der Waals surface area contributed by atoms with Gasteiger partial charge in [0.25, 0.3) is 0 Å².